The van der Waals surface area contributed by atoms with Gasteiger partial charge in [0.05, 0.1) is 11.0 Å². The number of imidazole rings is 1. The van der Waals surface area contributed by atoms with E-state index >= 15 is 0 Å². The molecule has 2 nitrogen and oxygen atoms in total. The summed E-state index contributed by atoms with van der Waals surface area (Å²) in [5, 5.41) is 12.7. The molecule has 1 aromatic heterocycles. The average molecular weight is 763 g/mol. The minimum atomic E-state index is 0.941. The van der Waals surface area contributed by atoms with Gasteiger partial charge in [-0.2, -0.15) is 0 Å². The predicted molar refractivity (Wildman–Crippen MR) is 255 cm³/mol. The van der Waals surface area contributed by atoms with Crippen LogP contribution < -0.4 is 0 Å². The fraction of sp³-hybridized carbons (Fsp3) is 0.0172. The predicted octanol–water partition coefficient (Wildman–Crippen LogP) is 15.8. The van der Waals surface area contributed by atoms with E-state index in [2.05, 4.69) is 218 Å². The topological polar surface area (TPSA) is 17.8 Å². The van der Waals surface area contributed by atoms with Crippen LogP contribution in [0.4, 0.5) is 0 Å². The van der Waals surface area contributed by atoms with Gasteiger partial charge in [0.15, 0.2) is 0 Å². The molecular formula is C58H38N2. The molecule has 0 saturated heterocycles. The van der Waals surface area contributed by atoms with Gasteiger partial charge in [-0.1, -0.05) is 182 Å². The van der Waals surface area contributed by atoms with Gasteiger partial charge in [-0.3, -0.25) is 4.57 Å². The van der Waals surface area contributed by atoms with Crippen LogP contribution in [0.2, 0.25) is 0 Å². The molecule has 280 valence electrons. The molecule has 0 fully saturated rings. The van der Waals surface area contributed by atoms with Crippen LogP contribution in [0.3, 0.4) is 0 Å². The summed E-state index contributed by atoms with van der Waals surface area (Å²) in [5.41, 5.74) is 12.9. The van der Waals surface area contributed by atoms with Gasteiger partial charge in [0.2, 0.25) is 0 Å². The third-order valence-corrected chi connectivity index (χ3v) is 12.5. The zero-order valence-electron chi connectivity index (χ0n) is 33.1. The third kappa shape index (κ3) is 5.38. The molecular weight excluding hydrogens is 725 g/mol. The fourth-order valence-electron chi connectivity index (χ4n) is 9.73. The first kappa shape index (κ1) is 34.3. The van der Waals surface area contributed by atoms with E-state index in [4.69, 9.17) is 4.98 Å². The summed E-state index contributed by atoms with van der Waals surface area (Å²) in [7, 11) is 0. The number of fused-ring (bicyclic) bond motifs is 8. The molecule has 0 bridgehead atoms. The van der Waals surface area contributed by atoms with Crippen LogP contribution >= 0.6 is 0 Å². The minimum Gasteiger partial charge on any atom is -0.292 e. The molecule has 12 rings (SSSR count). The Hall–Kier alpha value is -7.81. The van der Waals surface area contributed by atoms with Gasteiger partial charge in [0.25, 0.3) is 0 Å². The molecule has 12 aromatic rings. The SMILES string of the molecule is Cc1cccc2ccc3cccc(-c4cccc5ccc6cc(-c7ccc(-c8ccc(-n9c(-c%10ccccc%10)nc%10ccccc%109)cc8)c8ccccc78)ccc6c45)c3c12. The van der Waals surface area contributed by atoms with E-state index in [1.165, 1.54) is 92.8 Å². The van der Waals surface area contributed by atoms with Crippen molar-refractivity contribution in [3.63, 3.8) is 0 Å². The highest BCUT2D eigenvalue weighted by molar-refractivity contribution is 6.22. The lowest BCUT2D eigenvalue weighted by Crippen LogP contribution is -1.97. The molecule has 0 atom stereocenters. The van der Waals surface area contributed by atoms with Gasteiger partial charge in [0, 0.05) is 11.3 Å². The van der Waals surface area contributed by atoms with Crippen LogP contribution in [0.15, 0.2) is 212 Å². The highest BCUT2D eigenvalue weighted by Crippen LogP contribution is 2.43. The van der Waals surface area contributed by atoms with E-state index < -0.39 is 0 Å². The molecule has 0 spiro atoms. The second-order valence-corrected chi connectivity index (χ2v) is 15.9. The summed E-state index contributed by atoms with van der Waals surface area (Å²) in [6.45, 7) is 2.23. The Bertz CT molecular complexity index is 3650. The van der Waals surface area contributed by atoms with Crippen LogP contribution in [0.1, 0.15) is 5.56 Å². The van der Waals surface area contributed by atoms with Crippen molar-refractivity contribution in [1.29, 1.82) is 0 Å². The zero-order valence-corrected chi connectivity index (χ0v) is 33.1. The Kier molecular flexibility index (Phi) is 7.79. The second kappa shape index (κ2) is 13.7. The van der Waals surface area contributed by atoms with Crippen molar-refractivity contribution in [1.82, 2.24) is 9.55 Å². The molecule has 0 N–H and O–H groups in total. The number of para-hydroxylation sites is 2. The number of nitrogens with zero attached hydrogens (tertiary/aromatic N) is 2. The van der Waals surface area contributed by atoms with Crippen molar-refractivity contribution >= 4 is 64.9 Å². The molecule has 1 heterocycles. The standard InChI is InChI=1S/C58H38N2/c1-37-12-9-15-39-24-25-41-17-11-21-52(57(41)55(37)39)51-20-10-16-40-26-27-44-36-43(30-33-48(44)56(40)51)47-35-34-46(49-18-5-6-19-50(47)49)38-28-31-45(32-29-38)60-54-23-8-7-22-53(54)59-58(60)42-13-3-2-4-14-42/h2-36H,1H3. The number of benzene rings is 11. The molecule has 60 heavy (non-hydrogen) atoms. The van der Waals surface area contributed by atoms with E-state index in [-0.39, 0.29) is 0 Å². The zero-order chi connectivity index (χ0) is 39.7. The largest absolute Gasteiger partial charge is 0.292 e. The van der Waals surface area contributed by atoms with Crippen molar-refractivity contribution in [2.75, 3.05) is 0 Å². The highest BCUT2D eigenvalue weighted by Gasteiger charge is 2.17. The Morgan fingerprint density at radius 1 is 0.350 bits per heavy atom. The van der Waals surface area contributed by atoms with Crippen molar-refractivity contribution in [2.45, 2.75) is 6.92 Å². The quantitative estimate of drug-likeness (QED) is 0.160. The van der Waals surface area contributed by atoms with Crippen molar-refractivity contribution in [3.05, 3.63) is 218 Å². The first-order valence-corrected chi connectivity index (χ1v) is 20.7. The first-order valence-electron chi connectivity index (χ1n) is 20.7. The van der Waals surface area contributed by atoms with Crippen LogP contribution in [-0.2, 0) is 0 Å². The molecule has 11 aromatic carbocycles. The first-order chi connectivity index (χ1) is 29.7. The summed E-state index contributed by atoms with van der Waals surface area (Å²) in [6.07, 6.45) is 0. The maximum Gasteiger partial charge on any atom is 0.145 e. The van der Waals surface area contributed by atoms with Gasteiger partial charge < -0.3 is 0 Å². The summed E-state index contributed by atoms with van der Waals surface area (Å²) in [4.78, 5) is 5.06. The molecule has 0 aliphatic heterocycles. The Morgan fingerprint density at radius 3 is 1.68 bits per heavy atom. The lowest BCUT2D eigenvalue weighted by molar-refractivity contribution is 1.10. The van der Waals surface area contributed by atoms with Crippen molar-refractivity contribution in [3.8, 4) is 50.5 Å². The number of hydrogen-bond donors (Lipinski definition) is 0. The minimum absolute atomic E-state index is 0.941. The van der Waals surface area contributed by atoms with Gasteiger partial charge in [0.1, 0.15) is 5.82 Å². The summed E-state index contributed by atoms with van der Waals surface area (Å²) in [5.74, 6) is 0.941. The summed E-state index contributed by atoms with van der Waals surface area (Å²) in [6, 6.07) is 77.5. The van der Waals surface area contributed by atoms with Crippen molar-refractivity contribution < 1.29 is 0 Å². The molecule has 2 heteroatoms. The Labute approximate surface area is 348 Å². The number of hydrogen-bond acceptors (Lipinski definition) is 1. The summed E-state index contributed by atoms with van der Waals surface area (Å²) >= 11 is 0. The Morgan fingerprint density at radius 2 is 0.933 bits per heavy atom. The highest BCUT2D eigenvalue weighted by atomic mass is 15.1. The fourth-order valence-corrected chi connectivity index (χ4v) is 9.73. The van der Waals surface area contributed by atoms with Crippen LogP contribution in [0.25, 0.3) is 115 Å². The second-order valence-electron chi connectivity index (χ2n) is 15.9. The van der Waals surface area contributed by atoms with Gasteiger partial charge in [-0.25, -0.2) is 4.98 Å². The van der Waals surface area contributed by atoms with Crippen molar-refractivity contribution in [2.24, 2.45) is 0 Å². The van der Waals surface area contributed by atoms with Crippen LogP contribution in [0, 0.1) is 6.92 Å². The number of aryl methyl sites for hydroxylation is 1. The molecule has 0 aliphatic rings. The lowest BCUT2D eigenvalue weighted by atomic mass is 9.87. The monoisotopic (exact) mass is 762 g/mol. The molecule has 0 unspecified atom stereocenters. The maximum absolute atomic E-state index is 5.06. The average Bonchev–Trinajstić information content (AvgIpc) is 3.71. The number of rotatable bonds is 5. The molecule has 0 saturated carbocycles. The molecule has 0 radical (unpaired) electrons. The van der Waals surface area contributed by atoms with Crippen LogP contribution in [0.5, 0.6) is 0 Å². The van der Waals surface area contributed by atoms with Gasteiger partial charge in [-0.15, -0.1) is 0 Å². The molecule has 0 amide bonds. The van der Waals surface area contributed by atoms with E-state index in [1.54, 1.807) is 0 Å². The lowest BCUT2D eigenvalue weighted by Gasteiger charge is -2.16. The van der Waals surface area contributed by atoms with Gasteiger partial charge >= 0.3 is 0 Å². The smallest absolute Gasteiger partial charge is 0.145 e. The maximum atomic E-state index is 5.06. The normalized spacial score (nSPS) is 11.8. The van der Waals surface area contributed by atoms with E-state index in [0.717, 1.165) is 28.1 Å². The van der Waals surface area contributed by atoms with E-state index in [1.807, 2.05) is 6.07 Å². The van der Waals surface area contributed by atoms with E-state index in [9.17, 15) is 0 Å². The summed E-state index contributed by atoms with van der Waals surface area (Å²) < 4.78 is 2.27. The number of aromatic nitrogens is 2. The Balaban J connectivity index is 0.965. The van der Waals surface area contributed by atoms with E-state index in [0.29, 0.717) is 0 Å². The van der Waals surface area contributed by atoms with Gasteiger partial charge in [-0.05, 0) is 130 Å². The molecule has 0 aliphatic carbocycles. The van der Waals surface area contributed by atoms with Crippen LogP contribution in [-0.4, -0.2) is 9.55 Å². The third-order valence-electron chi connectivity index (χ3n) is 12.5.